The molecule has 0 fully saturated rings. The van der Waals surface area contributed by atoms with Crippen LogP contribution in [0.1, 0.15) is 37.8 Å². The summed E-state index contributed by atoms with van der Waals surface area (Å²) in [5.74, 6) is 0. The fraction of sp³-hybridized carbons (Fsp3) is 0.200. The minimum atomic E-state index is 0.782. The maximum atomic E-state index is 6.19. The molecule has 0 saturated carbocycles. The summed E-state index contributed by atoms with van der Waals surface area (Å²) in [6.45, 7) is 4.41. The van der Waals surface area contributed by atoms with Crippen LogP contribution >= 0.6 is 0 Å². The minimum Gasteiger partial charge on any atom is -0.399 e. The van der Waals surface area contributed by atoms with Gasteiger partial charge in [0.1, 0.15) is 0 Å². The molecule has 34 heavy (non-hydrogen) atoms. The molecule has 0 spiro atoms. The second-order valence-corrected chi connectivity index (χ2v) is 8.53. The van der Waals surface area contributed by atoms with Crippen molar-refractivity contribution in [1.29, 1.82) is 0 Å². The lowest BCUT2D eigenvalue weighted by Crippen LogP contribution is -2.02. The van der Waals surface area contributed by atoms with Gasteiger partial charge in [-0.1, -0.05) is 69.2 Å². The van der Waals surface area contributed by atoms with Crippen molar-refractivity contribution in [3.63, 3.8) is 0 Å². The molecular formula is C30H36N4. The molecule has 4 nitrogen and oxygen atoms in total. The third kappa shape index (κ3) is 6.32. The Hall–Kier alpha value is -3.92. The van der Waals surface area contributed by atoms with Gasteiger partial charge in [-0.3, -0.25) is 0 Å². The lowest BCUT2D eigenvalue weighted by molar-refractivity contribution is 0.865. The van der Waals surface area contributed by atoms with Crippen molar-refractivity contribution >= 4 is 22.7 Å². The average molecular weight is 453 g/mol. The van der Waals surface area contributed by atoms with Crippen molar-refractivity contribution in [1.82, 2.24) is 0 Å². The Morgan fingerprint density at radius 1 is 0.441 bits per heavy atom. The van der Waals surface area contributed by atoms with Gasteiger partial charge < -0.3 is 22.9 Å². The van der Waals surface area contributed by atoms with Crippen LogP contribution in [0.15, 0.2) is 84.9 Å². The highest BCUT2D eigenvalue weighted by molar-refractivity contribution is 5.74. The first-order valence-electron chi connectivity index (χ1n) is 11.9. The monoisotopic (exact) mass is 452 g/mol. The number of nitrogen functional groups attached to an aromatic ring is 4. The molecule has 4 aromatic carbocycles. The topological polar surface area (TPSA) is 104 Å². The number of nitrogens with two attached hydrogens (primary N) is 4. The summed E-state index contributed by atoms with van der Waals surface area (Å²) in [5, 5.41) is 0. The molecule has 0 heterocycles. The minimum absolute atomic E-state index is 0.782. The van der Waals surface area contributed by atoms with Crippen molar-refractivity contribution in [2.75, 3.05) is 22.9 Å². The molecule has 4 rings (SSSR count). The fourth-order valence-electron chi connectivity index (χ4n) is 4.08. The molecule has 0 aliphatic carbocycles. The zero-order valence-corrected chi connectivity index (χ0v) is 20.2. The Labute approximate surface area is 203 Å². The molecule has 0 aliphatic rings. The number of anilines is 4. The summed E-state index contributed by atoms with van der Waals surface area (Å²) < 4.78 is 0. The first-order chi connectivity index (χ1) is 16.4. The van der Waals surface area contributed by atoms with Crippen molar-refractivity contribution in [2.24, 2.45) is 0 Å². The molecular weight excluding hydrogens is 416 g/mol. The van der Waals surface area contributed by atoms with Crippen LogP contribution in [-0.2, 0) is 12.8 Å². The van der Waals surface area contributed by atoms with E-state index in [-0.39, 0.29) is 0 Å². The van der Waals surface area contributed by atoms with Gasteiger partial charge in [0.15, 0.2) is 0 Å². The Morgan fingerprint density at radius 2 is 0.824 bits per heavy atom. The largest absolute Gasteiger partial charge is 0.399 e. The average Bonchev–Trinajstić information content (AvgIpc) is 2.84. The predicted molar refractivity (Wildman–Crippen MR) is 149 cm³/mol. The fourth-order valence-corrected chi connectivity index (χ4v) is 4.08. The van der Waals surface area contributed by atoms with Crippen LogP contribution < -0.4 is 22.9 Å². The predicted octanol–water partition coefficient (Wildman–Crippen LogP) is 6.94. The van der Waals surface area contributed by atoms with Crippen molar-refractivity contribution in [3.05, 3.63) is 96.1 Å². The highest BCUT2D eigenvalue weighted by Gasteiger charge is 2.12. The highest BCUT2D eigenvalue weighted by Crippen LogP contribution is 2.32. The molecule has 0 unspecified atom stereocenters. The number of hydrogen-bond acceptors (Lipinski definition) is 4. The van der Waals surface area contributed by atoms with Gasteiger partial charge in [0.25, 0.3) is 0 Å². The summed E-state index contributed by atoms with van der Waals surface area (Å²) in [5.41, 5.74) is 34.0. The van der Waals surface area contributed by atoms with Gasteiger partial charge in [-0.15, -0.1) is 0 Å². The van der Waals surface area contributed by atoms with E-state index in [0.717, 1.165) is 59.6 Å². The van der Waals surface area contributed by atoms with Gasteiger partial charge in [-0.05, 0) is 88.7 Å². The standard InChI is InChI=1S/C18H24N2.C12H12N2/c1-3-5-16-15(13-7-9-14(19)10-8-13)11-12-18(20)17(16)6-4-2;13-11-5-1-9(2-6-11)10-3-7-12(14)8-4-10/h7-12H,3-6,19-20H2,1-2H3;1-8H,13-14H2. The molecule has 0 radical (unpaired) electrons. The highest BCUT2D eigenvalue weighted by atomic mass is 14.6. The lowest BCUT2D eigenvalue weighted by Gasteiger charge is -2.17. The van der Waals surface area contributed by atoms with E-state index in [1.54, 1.807) is 0 Å². The normalized spacial score (nSPS) is 10.4. The SMILES string of the molecule is CCCc1c(N)ccc(-c2ccc(N)cc2)c1CCC.Nc1ccc(-c2ccc(N)cc2)cc1. The number of hydrogen-bond donors (Lipinski definition) is 4. The van der Waals surface area contributed by atoms with E-state index < -0.39 is 0 Å². The zero-order chi connectivity index (χ0) is 24.5. The first-order valence-corrected chi connectivity index (χ1v) is 11.9. The van der Waals surface area contributed by atoms with Crippen molar-refractivity contribution in [2.45, 2.75) is 39.5 Å². The van der Waals surface area contributed by atoms with Gasteiger partial charge in [0.05, 0.1) is 0 Å². The first kappa shape index (κ1) is 24.7. The molecule has 4 aromatic rings. The van der Waals surface area contributed by atoms with E-state index >= 15 is 0 Å². The molecule has 0 aromatic heterocycles. The van der Waals surface area contributed by atoms with Crippen LogP contribution in [-0.4, -0.2) is 0 Å². The van der Waals surface area contributed by atoms with E-state index in [2.05, 4.69) is 32.0 Å². The van der Waals surface area contributed by atoms with E-state index in [9.17, 15) is 0 Å². The molecule has 0 saturated heterocycles. The summed E-state index contributed by atoms with van der Waals surface area (Å²) in [6, 6.07) is 27.9. The molecule has 8 N–H and O–H groups in total. The van der Waals surface area contributed by atoms with Crippen LogP contribution in [0.3, 0.4) is 0 Å². The smallest absolute Gasteiger partial charge is 0.0349 e. The Balaban J connectivity index is 0.000000202. The molecule has 4 heteroatoms. The van der Waals surface area contributed by atoms with Crippen LogP contribution in [0.2, 0.25) is 0 Å². The Morgan fingerprint density at radius 3 is 1.24 bits per heavy atom. The van der Waals surface area contributed by atoms with Crippen molar-refractivity contribution in [3.8, 4) is 22.3 Å². The zero-order valence-electron chi connectivity index (χ0n) is 20.2. The van der Waals surface area contributed by atoms with Crippen LogP contribution in [0.5, 0.6) is 0 Å². The third-order valence-corrected chi connectivity index (χ3v) is 5.84. The molecule has 0 bridgehead atoms. The van der Waals surface area contributed by atoms with Gasteiger partial charge in [-0.2, -0.15) is 0 Å². The van der Waals surface area contributed by atoms with Crippen molar-refractivity contribution < 1.29 is 0 Å². The van der Waals surface area contributed by atoms with Gasteiger partial charge in [-0.25, -0.2) is 0 Å². The third-order valence-electron chi connectivity index (χ3n) is 5.84. The summed E-state index contributed by atoms with van der Waals surface area (Å²) >= 11 is 0. The van der Waals surface area contributed by atoms with Crippen LogP contribution in [0, 0.1) is 0 Å². The molecule has 0 aliphatic heterocycles. The van der Waals surface area contributed by atoms with Crippen LogP contribution in [0.4, 0.5) is 22.7 Å². The molecule has 0 atom stereocenters. The summed E-state index contributed by atoms with van der Waals surface area (Å²) in [6.07, 6.45) is 4.36. The second kappa shape index (κ2) is 11.8. The van der Waals surface area contributed by atoms with Gasteiger partial charge >= 0.3 is 0 Å². The summed E-state index contributed by atoms with van der Waals surface area (Å²) in [4.78, 5) is 0. The van der Waals surface area contributed by atoms with E-state index in [4.69, 9.17) is 22.9 Å². The van der Waals surface area contributed by atoms with E-state index in [1.807, 2.05) is 66.7 Å². The number of benzene rings is 4. The maximum absolute atomic E-state index is 6.19. The Kier molecular flexibility index (Phi) is 8.58. The maximum Gasteiger partial charge on any atom is 0.0349 e. The Bertz CT molecular complexity index is 1130. The molecule has 176 valence electrons. The van der Waals surface area contributed by atoms with E-state index in [1.165, 1.54) is 22.3 Å². The number of rotatable bonds is 6. The summed E-state index contributed by atoms with van der Waals surface area (Å²) in [7, 11) is 0. The van der Waals surface area contributed by atoms with E-state index in [0.29, 0.717) is 0 Å². The quantitative estimate of drug-likeness (QED) is 0.238. The van der Waals surface area contributed by atoms with Gasteiger partial charge in [0, 0.05) is 22.7 Å². The molecule has 0 amide bonds. The van der Waals surface area contributed by atoms with Gasteiger partial charge in [0.2, 0.25) is 0 Å². The lowest BCUT2D eigenvalue weighted by atomic mass is 9.89. The second-order valence-electron chi connectivity index (χ2n) is 8.53. The van der Waals surface area contributed by atoms with Crippen LogP contribution in [0.25, 0.3) is 22.3 Å².